The van der Waals surface area contributed by atoms with Crippen molar-refractivity contribution in [2.45, 2.75) is 0 Å². The third-order valence-electron chi connectivity index (χ3n) is 1.66. The Hall–Kier alpha value is -0.220. The summed E-state index contributed by atoms with van der Waals surface area (Å²) in [5.41, 5.74) is 0. The van der Waals surface area contributed by atoms with Gasteiger partial charge in [0.1, 0.15) is 23.2 Å². The molecule has 0 amide bonds. The second-order valence-corrected chi connectivity index (χ2v) is 4.05. The van der Waals surface area contributed by atoms with Crippen molar-refractivity contribution >= 4 is 23.2 Å². The highest BCUT2D eigenvalue weighted by molar-refractivity contribution is 6.36. The summed E-state index contributed by atoms with van der Waals surface area (Å²) in [6.45, 7) is 1.49. The second-order valence-electron chi connectivity index (χ2n) is 3.24. The van der Waals surface area contributed by atoms with Crippen molar-refractivity contribution in [1.82, 2.24) is 4.98 Å². The van der Waals surface area contributed by atoms with Gasteiger partial charge in [0.25, 0.3) is 0 Å². The fourth-order valence-corrected chi connectivity index (χ4v) is 1.37. The third kappa shape index (κ3) is 4.89. The van der Waals surface area contributed by atoms with Crippen LogP contribution in [0.15, 0.2) is 12.4 Å². The normalized spacial score (nSPS) is 9.93. The lowest BCUT2D eigenvalue weighted by molar-refractivity contribution is -0.858. The zero-order valence-corrected chi connectivity index (χ0v) is 10.8. The molecule has 0 saturated heterocycles. The summed E-state index contributed by atoms with van der Waals surface area (Å²) in [7, 11) is 4.11. The molecule has 0 fully saturated rings. The monoisotopic (exact) mass is 270 g/mol. The van der Waals surface area contributed by atoms with E-state index in [1.165, 1.54) is 17.3 Å². The molecular weight excluding hydrogens is 258 g/mol. The summed E-state index contributed by atoms with van der Waals surface area (Å²) in [6.07, 6.45) is 3.04. The van der Waals surface area contributed by atoms with Gasteiger partial charge in [-0.25, -0.2) is 0 Å². The molecule has 0 radical (unpaired) electrons. The van der Waals surface area contributed by atoms with Crippen LogP contribution in [0.4, 0.5) is 0 Å². The van der Waals surface area contributed by atoms with Gasteiger partial charge in [0.05, 0.1) is 14.1 Å². The molecule has 0 aliphatic carbocycles. The van der Waals surface area contributed by atoms with Gasteiger partial charge < -0.3 is 22.0 Å². The van der Waals surface area contributed by atoms with Crippen LogP contribution >= 0.6 is 23.2 Å². The molecule has 1 aromatic rings. The number of nitrogens with zero attached hydrogens (tertiary/aromatic N) is 1. The van der Waals surface area contributed by atoms with Crippen molar-refractivity contribution in [3.8, 4) is 5.75 Å². The molecule has 86 valence electrons. The van der Waals surface area contributed by atoms with E-state index in [0.29, 0.717) is 22.4 Å². The Kier molecular flexibility index (Phi) is 7.02. The lowest BCUT2D eigenvalue weighted by Crippen LogP contribution is -3.06. The van der Waals surface area contributed by atoms with Crippen LogP contribution in [0.5, 0.6) is 5.75 Å². The number of rotatable bonds is 4. The van der Waals surface area contributed by atoms with Crippen molar-refractivity contribution in [1.29, 1.82) is 0 Å². The number of likely N-dealkylation sites (N-methyl/N-ethyl adjacent to an activating group) is 1. The van der Waals surface area contributed by atoms with Gasteiger partial charge in [-0.1, -0.05) is 23.2 Å². The molecule has 1 heterocycles. The minimum atomic E-state index is 0. The zero-order valence-electron chi connectivity index (χ0n) is 8.56. The fraction of sp³-hybridized carbons (Fsp3) is 0.444. The lowest BCUT2D eigenvalue weighted by atomic mass is 10.4. The summed E-state index contributed by atoms with van der Waals surface area (Å²) in [5, 5.41) is 0.900. The number of aromatic nitrogens is 1. The second kappa shape index (κ2) is 7.12. The van der Waals surface area contributed by atoms with Gasteiger partial charge in [-0.3, -0.25) is 4.98 Å². The van der Waals surface area contributed by atoms with Gasteiger partial charge in [-0.2, -0.15) is 0 Å². The van der Waals surface area contributed by atoms with Gasteiger partial charge in [0, 0.05) is 12.4 Å². The number of nitrogens with one attached hydrogen (secondary N) is 1. The van der Waals surface area contributed by atoms with E-state index in [-0.39, 0.29) is 12.4 Å². The molecule has 0 saturated carbocycles. The van der Waals surface area contributed by atoms with Crippen molar-refractivity contribution in [3.63, 3.8) is 0 Å². The number of quaternary nitrogens is 1. The molecule has 0 spiro atoms. The molecule has 0 unspecified atom stereocenters. The summed E-state index contributed by atoms with van der Waals surface area (Å²) in [4.78, 5) is 5.15. The molecule has 1 N–H and O–H groups in total. The van der Waals surface area contributed by atoms with E-state index in [2.05, 4.69) is 19.1 Å². The zero-order chi connectivity index (χ0) is 10.6. The number of hydrogen-bond donors (Lipinski definition) is 1. The van der Waals surface area contributed by atoms with Gasteiger partial charge in [0.2, 0.25) is 0 Å². The maximum Gasteiger partial charge on any atom is 0.159 e. The number of hydrogen-bond acceptors (Lipinski definition) is 2. The predicted octanol–water partition coefficient (Wildman–Crippen LogP) is -2.08. The molecular formula is C9H13Cl3N2O. The Morgan fingerprint density at radius 2 is 1.80 bits per heavy atom. The van der Waals surface area contributed by atoms with Crippen molar-refractivity contribution < 1.29 is 22.0 Å². The Morgan fingerprint density at radius 3 is 2.27 bits per heavy atom. The quantitative estimate of drug-likeness (QED) is 0.680. The van der Waals surface area contributed by atoms with Crippen molar-refractivity contribution in [3.05, 3.63) is 22.4 Å². The largest absolute Gasteiger partial charge is 1.00 e. The van der Waals surface area contributed by atoms with E-state index in [1.807, 2.05) is 0 Å². The minimum Gasteiger partial charge on any atom is -1.00 e. The molecule has 15 heavy (non-hydrogen) atoms. The van der Waals surface area contributed by atoms with Crippen LogP contribution in [-0.4, -0.2) is 32.2 Å². The first-order chi connectivity index (χ1) is 6.61. The van der Waals surface area contributed by atoms with E-state index in [1.54, 1.807) is 0 Å². The van der Waals surface area contributed by atoms with Gasteiger partial charge in [-0.05, 0) is 0 Å². The van der Waals surface area contributed by atoms with Crippen LogP contribution in [0, 0.1) is 0 Å². The molecule has 0 aliphatic rings. The van der Waals surface area contributed by atoms with Crippen LogP contribution in [0.3, 0.4) is 0 Å². The van der Waals surface area contributed by atoms with Crippen LogP contribution in [0.2, 0.25) is 10.0 Å². The first-order valence-corrected chi connectivity index (χ1v) is 5.07. The Labute approximate surface area is 106 Å². The lowest BCUT2D eigenvalue weighted by Gasteiger charge is -2.10. The first kappa shape index (κ1) is 14.8. The van der Waals surface area contributed by atoms with Crippen LogP contribution in [0.1, 0.15) is 0 Å². The molecule has 0 aromatic carbocycles. The van der Waals surface area contributed by atoms with Gasteiger partial charge >= 0.3 is 0 Å². The SMILES string of the molecule is C[NH+](C)CCOc1c(Cl)cncc1Cl.[Cl-]. The Bertz CT molecular complexity index is 287. The molecule has 0 bridgehead atoms. The maximum atomic E-state index is 5.87. The average Bonchev–Trinajstić information content (AvgIpc) is 2.09. The standard InChI is InChI=1S/C9H12Cl2N2O.ClH/c1-13(2)3-4-14-9-7(10)5-12-6-8(9)11;/h5-6H,3-4H2,1-2H3;1H. The topological polar surface area (TPSA) is 26.6 Å². The number of ether oxygens (including phenoxy) is 1. The summed E-state index contributed by atoms with van der Waals surface area (Å²) < 4.78 is 5.45. The van der Waals surface area contributed by atoms with Crippen LogP contribution < -0.4 is 22.0 Å². The average molecular weight is 272 g/mol. The Balaban J connectivity index is 0.00000196. The summed E-state index contributed by atoms with van der Waals surface area (Å²) in [6, 6.07) is 0. The molecule has 0 atom stereocenters. The fourth-order valence-electron chi connectivity index (χ4n) is 0.895. The highest BCUT2D eigenvalue weighted by atomic mass is 35.5. The summed E-state index contributed by atoms with van der Waals surface area (Å²) in [5.74, 6) is 0.518. The van der Waals surface area contributed by atoms with E-state index in [9.17, 15) is 0 Å². The molecule has 1 rings (SSSR count). The number of pyridine rings is 1. The summed E-state index contributed by atoms with van der Waals surface area (Å²) >= 11 is 11.7. The van der Waals surface area contributed by atoms with Gasteiger partial charge in [0.15, 0.2) is 5.75 Å². The highest BCUT2D eigenvalue weighted by Gasteiger charge is 2.07. The first-order valence-electron chi connectivity index (χ1n) is 4.32. The molecule has 1 aromatic heterocycles. The van der Waals surface area contributed by atoms with Crippen LogP contribution in [0.25, 0.3) is 0 Å². The molecule has 6 heteroatoms. The molecule has 3 nitrogen and oxygen atoms in total. The smallest absolute Gasteiger partial charge is 0.159 e. The maximum absolute atomic E-state index is 5.87. The van der Waals surface area contributed by atoms with Crippen molar-refractivity contribution in [2.24, 2.45) is 0 Å². The highest BCUT2D eigenvalue weighted by Crippen LogP contribution is 2.30. The predicted molar refractivity (Wildman–Crippen MR) is 57.4 cm³/mol. The minimum absolute atomic E-state index is 0. The Morgan fingerprint density at radius 1 is 1.27 bits per heavy atom. The third-order valence-corrected chi connectivity index (χ3v) is 2.20. The molecule has 0 aliphatic heterocycles. The van der Waals surface area contributed by atoms with E-state index >= 15 is 0 Å². The van der Waals surface area contributed by atoms with Gasteiger partial charge in [-0.15, -0.1) is 0 Å². The van der Waals surface area contributed by atoms with Crippen LogP contribution in [-0.2, 0) is 0 Å². The number of halogens is 3. The van der Waals surface area contributed by atoms with E-state index in [0.717, 1.165) is 6.54 Å². The van der Waals surface area contributed by atoms with E-state index in [4.69, 9.17) is 27.9 Å². The van der Waals surface area contributed by atoms with Crippen molar-refractivity contribution in [2.75, 3.05) is 27.2 Å². The van der Waals surface area contributed by atoms with E-state index < -0.39 is 0 Å².